The number of benzene rings is 1. The second-order valence-electron chi connectivity index (χ2n) is 8.09. The minimum Gasteiger partial charge on any atom is -0.508 e. The maximum absolute atomic E-state index is 11.8. The van der Waals surface area contributed by atoms with Gasteiger partial charge in [-0.2, -0.15) is 0 Å². The van der Waals surface area contributed by atoms with E-state index in [1.807, 2.05) is 11.0 Å². The Morgan fingerprint density at radius 3 is 2.64 bits per heavy atom. The summed E-state index contributed by atoms with van der Waals surface area (Å²) in [7, 11) is 0. The fourth-order valence-electron chi connectivity index (χ4n) is 4.13. The minimum absolute atomic E-state index is 0.0143. The second-order valence-corrected chi connectivity index (χ2v) is 9.17. The van der Waals surface area contributed by atoms with Crippen molar-refractivity contribution in [3.05, 3.63) is 41.9 Å². The van der Waals surface area contributed by atoms with Gasteiger partial charge in [0.2, 0.25) is 5.91 Å². The number of fused-ring (bicyclic) bond motifs is 1. The fourth-order valence-corrected chi connectivity index (χ4v) is 5.19. The van der Waals surface area contributed by atoms with Crippen LogP contribution in [0.3, 0.4) is 0 Å². The number of morpholine rings is 1. The van der Waals surface area contributed by atoms with Crippen molar-refractivity contribution in [2.24, 2.45) is 0 Å². The monoisotopic (exact) mass is 466 g/mol. The van der Waals surface area contributed by atoms with E-state index < -0.39 is 0 Å². The summed E-state index contributed by atoms with van der Waals surface area (Å²) in [6.45, 7) is 10.1. The molecule has 0 saturated carbocycles. The maximum Gasteiger partial charge on any atom is 0.246 e. The zero-order valence-corrected chi connectivity index (χ0v) is 19.1. The number of thiazole rings is 1. The molecule has 2 aliphatic rings. The highest BCUT2D eigenvalue weighted by Gasteiger charge is 2.24. The Morgan fingerprint density at radius 2 is 1.91 bits per heavy atom. The van der Waals surface area contributed by atoms with Gasteiger partial charge < -0.3 is 19.6 Å². The molecule has 5 rings (SSSR count). The first-order chi connectivity index (χ1) is 16.1. The molecule has 0 atom stereocenters. The number of ether oxygens (including phenoxy) is 1. The highest BCUT2D eigenvalue weighted by atomic mass is 32.1. The summed E-state index contributed by atoms with van der Waals surface area (Å²) in [5, 5.41) is 10.9. The van der Waals surface area contributed by atoms with Crippen LogP contribution in [0, 0.1) is 0 Å². The first kappa shape index (κ1) is 21.7. The molecule has 2 aromatic heterocycles. The number of nitrogens with zero attached hydrogens (tertiary/aromatic N) is 6. The molecule has 2 aliphatic heterocycles. The Bertz CT molecular complexity index is 1170. The molecule has 1 aromatic carbocycles. The number of hydrogen-bond donors (Lipinski definition) is 1. The Morgan fingerprint density at radius 1 is 1.12 bits per heavy atom. The molecule has 1 N–H and O–H groups in total. The zero-order chi connectivity index (χ0) is 22.8. The Hall–Kier alpha value is -3.08. The smallest absolute Gasteiger partial charge is 0.246 e. The summed E-state index contributed by atoms with van der Waals surface area (Å²) < 4.78 is 6.50. The van der Waals surface area contributed by atoms with Gasteiger partial charge in [0.25, 0.3) is 0 Å². The lowest BCUT2D eigenvalue weighted by molar-refractivity contribution is -0.127. The van der Waals surface area contributed by atoms with Crippen LogP contribution in [0.4, 0.5) is 5.82 Å². The summed E-state index contributed by atoms with van der Waals surface area (Å²) in [4.78, 5) is 32.7. The van der Waals surface area contributed by atoms with Gasteiger partial charge in [0.1, 0.15) is 15.5 Å². The van der Waals surface area contributed by atoms with E-state index in [-0.39, 0.29) is 11.7 Å². The lowest BCUT2D eigenvalue weighted by Gasteiger charge is -2.33. The van der Waals surface area contributed by atoms with Crippen LogP contribution >= 0.6 is 11.3 Å². The third-order valence-electron chi connectivity index (χ3n) is 5.91. The van der Waals surface area contributed by atoms with Gasteiger partial charge in [0.15, 0.2) is 17.3 Å². The molecule has 4 heterocycles. The Kier molecular flexibility index (Phi) is 6.21. The molecule has 0 bridgehead atoms. The summed E-state index contributed by atoms with van der Waals surface area (Å²) in [5.74, 6) is 1.58. The van der Waals surface area contributed by atoms with Gasteiger partial charge in [-0.25, -0.2) is 15.0 Å². The van der Waals surface area contributed by atoms with Gasteiger partial charge in [-0.05, 0) is 18.2 Å². The van der Waals surface area contributed by atoms with Crippen LogP contribution < -0.4 is 4.90 Å². The second kappa shape index (κ2) is 9.42. The Balaban J connectivity index is 1.44. The van der Waals surface area contributed by atoms with Crippen LogP contribution in [-0.2, 0) is 16.1 Å². The van der Waals surface area contributed by atoms with E-state index in [0.29, 0.717) is 44.3 Å². The number of piperazine rings is 1. The number of aromatic nitrogens is 3. The lowest BCUT2D eigenvalue weighted by Crippen LogP contribution is -2.47. The molecule has 10 heteroatoms. The molecule has 0 spiro atoms. The number of rotatable bonds is 5. The molecule has 2 fully saturated rings. The molecule has 2 saturated heterocycles. The highest BCUT2D eigenvalue weighted by molar-refractivity contribution is 7.19. The summed E-state index contributed by atoms with van der Waals surface area (Å²) >= 11 is 1.62. The van der Waals surface area contributed by atoms with Crippen LogP contribution in [0.25, 0.3) is 21.7 Å². The van der Waals surface area contributed by atoms with Crippen LogP contribution in [0.1, 0.15) is 5.01 Å². The average molecular weight is 467 g/mol. The molecule has 3 aromatic rings. The Labute approximate surface area is 195 Å². The number of phenols is 1. The highest BCUT2D eigenvalue weighted by Crippen LogP contribution is 2.33. The van der Waals surface area contributed by atoms with E-state index in [9.17, 15) is 9.90 Å². The van der Waals surface area contributed by atoms with Crippen molar-refractivity contribution in [2.45, 2.75) is 6.54 Å². The molecule has 33 heavy (non-hydrogen) atoms. The molecule has 9 nitrogen and oxygen atoms in total. The molecule has 1 amide bonds. The predicted molar refractivity (Wildman–Crippen MR) is 127 cm³/mol. The van der Waals surface area contributed by atoms with E-state index in [2.05, 4.69) is 16.4 Å². The van der Waals surface area contributed by atoms with E-state index >= 15 is 0 Å². The van der Waals surface area contributed by atoms with Crippen molar-refractivity contribution < 1.29 is 14.6 Å². The van der Waals surface area contributed by atoms with Crippen LogP contribution in [0.2, 0.25) is 0 Å². The van der Waals surface area contributed by atoms with Crippen molar-refractivity contribution in [2.75, 3.05) is 57.4 Å². The first-order valence-corrected chi connectivity index (χ1v) is 11.9. The van der Waals surface area contributed by atoms with E-state index in [4.69, 9.17) is 19.7 Å². The largest absolute Gasteiger partial charge is 0.508 e. The van der Waals surface area contributed by atoms with Crippen molar-refractivity contribution in [1.82, 2.24) is 24.8 Å². The van der Waals surface area contributed by atoms with Gasteiger partial charge in [0, 0.05) is 44.8 Å². The average Bonchev–Trinajstić information content (AvgIpc) is 3.26. The first-order valence-electron chi connectivity index (χ1n) is 11.0. The number of hydrogen-bond acceptors (Lipinski definition) is 9. The standard InChI is InChI=1S/C23H26N6O3S/c1-2-19(31)28-8-6-27(7-9-28)15-18-24-22-20(33-18)23(29-10-12-32-13-11-29)26-21(25-22)16-4-3-5-17(30)14-16/h2-5,14,30H,1,6-13,15H2. The van der Waals surface area contributed by atoms with E-state index in [1.54, 1.807) is 29.5 Å². The number of carbonyl (C=O) groups is 1. The SMILES string of the molecule is C=CC(=O)N1CCN(Cc2nc3nc(-c4cccc(O)c4)nc(N4CCOCC4)c3s2)CC1. The fraction of sp³-hybridized carbons (Fsp3) is 0.391. The van der Waals surface area contributed by atoms with Gasteiger partial charge >= 0.3 is 0 Å². The van der Waals surface area contributed by atoms with Gasteiger partial charge in [0.05, 0.1) is 19.8 Å². The molecular weight excluding hydrogens is 440 g/mol. The van der Waals surface area contributed by atoms with Crippen molar-refractivity contribution in [3.8, 4) is 17.1 Å². The third kappa shape index (κ3) is 4.68. The lowest BCUT2D eigenvalue weighted by atomic mass is 10.2. The van der Waals surface area contributed by atoms with Gasteiger partial charge in [-0.3, -0.25) is 9.69 Å². The summed E-state index contributed by atoms with van der Waals surface area (Å²) in [6, 6.07) is 6.98. The summed E-state index contributed by atoms with van der Waals surface area (Å²) in [6.07, 6.45) is 1.37. The quantitative estimate of drug-likeness (QED) is 0.572. The van der Waals surface area contributed by atoms with Crippen molar-refractivity contribution in [1.29, 1.82) is 0 Å². The number of anilines is 1. The molecule has 0 unspecified atom stereocenters. The van der Waals surface area contributed by atoms with Crippen molar-refractivity contribution in [3.63, 3.8) is 0 Å². The normalized spacial score (nSPS) is 17.5. The zero-order valence-electron chi connectivity index (χ0n) is 18.3. The number of phenolic OH excluding ortho intramolecular Hbond substituents is 1. The summed E-state index contributed by atoms with van der Waals surface area (Å²) in [5.41, 5.74) is 1.43. The molecule has 172 valence electrons. The number of carbonyl (C=O) groups excluding carboxylic acids is 1. The minimum atomic E-state index is -0.0143. The maximum atomic E-state index is 11.8. The predicted octanol–water partition coefficient (Wildman–Crippen LogP) is 2.13. The van der Waals surface area contributed by atoms with Crippen LogP contribution in [-0.4, -0.2) is 88.2 Å². The molecular formula is C23H26N6O3S. The molecule has 0 radical (unpaired) electrons. The third-order valence-corrected chi connectivity index (χ3v) is 6.94. The van der Waals surface area contributed by atoms with Crippen LogP contribution in [0.15, 0.2) is 36.9 Å². The van der Waals surface area contributed by atoms with Gasteiger partial charge in [-0.15, -0.1) is 11.3 Å². The number of aromatic hydroxyl groups is 1. The van der Waals surface area contributed by atoms with Gasteiger partial charge in [-0.1, -0.05) is 18.7 Å². The van der Waals surface area contributed by atoms with Crippen LogP contribution in [0.5, 0.6) is 5.75 Å². The topological polar surface area (TPSA) is 94.9 Å². The van der Waals surface area contributed by atoms with Crippen molar-refractivity contribution >= 4 is 33.4 Å². The molecule has 0 aliphatic carbocycles. The number of amides is 1. The van der Waals surface area contributed by atoms with E-state index in [1.165, 1.54) is 6.08 Å². The van der Waals surface area contributed by atoms with E-state index in [0.717, 1.165) is 47.3 Å².